The molecule has 0 amide bonds. The van der Waals surface area contributed by atoms with Crippen LogP contribution < -0.4 is 0 Å². The van der Waals surface area contributed by atoms with Crippen molar-refractivity contribution in [3.63, 3.8) is 0 Å². The molecule has 0 saturated heterocycles. The molecule has 0 saturated carbocycles. The third kappa shape index (κ3) is 3.49. The zero-order chi connectivity index (χ0) is 18.8. The molecule has 1 heteroatoms. The summed E-state index contributed by atoms with van der Waals surface area (Å²) >= 11 is 0. The van der Waals surface area contributed by atoms with Gasteiger partial charge in [-0.05, 0) is 49.5 Å². The molecule has 2 unspecified atom stereocenters. The largest absolute Gasteiger partial charge is 0.367 e. The van der Waals surface area contributed by atoms with Crippen LogP contribution in [0.3, 0.4) is 0 Å². The maximum absolute atomic E-state index is 4.30. The van der Waals surface area contributed by atoms with Gasteiger partial charge in [-0.2, -0.15) is 0 Å². The van der Waals surface area contributed by atoms with Crippen LogP contribution >= 0.6 is 0 Å². The number of fused-ring (bicyclic) bond motifs is 1. The molecular formula is C25H31N. The maximum Gasteiger partial charge on any atom is 0.0362 e. The van der Waals surface area contributed by atoms with Crippen molar-refractivity contribution < 1.29 is 0 Å². The minimum Gasteiger partial charge on any atom is -0.367 e. The molecule has 1 aromatic carbocycles. The van der Waals surface area contributed by atoms with Gasteiger partial charge in [-0.25, -0.2) is 0 Å². The van der Waals surface area contributed by atoms with E-state index in [1.165, 1.54) is 28.0 Å². The van der Waals surface area contributed by atoms with E-state index in [4.69, 9.17) is 0 Å². The van der Waals surface area contributed by atoms with Gasteiger partial charge in [0.25, 0.3) is 0 Å². The third-order valence-corrected chi connectivity index (χ3v) is 6.03. The fraction of sp³-hybridized carbons (Fsp3) is 0.360. The summed E-state index contributed by atoms with van der Waals surface area (Å²) in [6, 6.07) is 8.88. The second-order valence-corrected chi connectivity index (χ2v) is 7.70. The monoisotopic (exact) mass is 345 g/mol. The Balaban J connectivity index is 1.79. The van der Waals surface area contributed by atoms with E-state index < -0.39 is 0 Å². The molecule has 1 nitrogen and oxygen atoms in total. The molecule has 3 rings (SSSR count). The Labute approximate surface area is 159 Å². The van der Waals surface area contributed by atoms with Crippen LogP contribution in [-0.2, 0) is 0 Å². The smallest absolute Gasteiger partial charge is 0.0362 e. The van der Waals surface area contributed by atoms with Crippen LogP contribution in [0, 0.1) is 11.8 Å². The summed E-state index contributed by atoms with van der Waals surface area (Å²) in [4.78, 5) is 2.43. The van der Waals surface area contributed by atoms with Crippen molar-refractivity contribution >= 4 is 11.1 Å². The van der Waals surface area contributed by atoms with Gasteiger partial charge in [0.05, 0.1) is 0 Å². The first-order chi connectivity index (χ1) is 12.4. The molecule has 1 heterocycles. The van der Waals surface area contributed by atoms with E-state index in [9.17, 15) is 0 Å². The van der Waals surface area contributed by atoms with Crippen molar-refractivity contribution in [3.8, 4) is 0 Å². The second-order valence-electron chi connectivity index (χ2n) is 7.70. The van der Waals surface area contributed by atoms with Gasteiger partial charge in [0, 0.05) is 30.6 Å². The molecule has 1 aliphatic carbocycles. The van der Waals surface area contributed by atoms with Crippen LogP contribution in [0.4, 0.5) is 0 Å². The Hall–Kier alpha value is -2.28. The van der Waals surface area contributed by atoms with E-state index in [1.807, 2.05) is 0 Å². The number of nitrogens with zero attached hydrogens (tertiary/aromatic N) is 1. The highest BCUT2D eigenvalue weighted by atomic mass is 15.1. The first kappa shape index (κ1) is 18.5. The summed E-state index contributed by atoms with van der Waals surface area (Å²) in [5.41, 5.74) is 9.21. The van der Waals surface area contributed by atoms with Gasteiger partial charge in [0.2, 0.25) is 0 Å². The molecule has 26 heavy (non-hydrogen) atoms. The number of rotatable bonds is 4. The molecule has 1 aromatic rings. The second kappa shape index (κ2) is 7.53. The average molecular weight is 346 g/mol. The highest BCUT2D eigenvalue weighted by molar-refractivity contribution is 5.73. The van der Waals surface area contributed by atoms with Gasteiger partial charge in [-0.3, -0.25) is 0 Å². The van der Waals surface area contributed by atoms with Gasteiger partial charge in [-0.15, -0.1) is 0 Å². The molecule has 0 aromatic heterocycles. The van der Waals surface area contributed by atoms with E-state index in [0.29, 0.717) is 11.8 Å². The summed E-state index contributed by atoms with van der Waals surface area (Å²) in [6.45, 7) is 19.0. The number of hydrogen-bond acceptors (Lipinski definition) is 1. The van der Waals surface area contributed by atoms with E-state index >= 15 is 0 Å². The molecule has 0 N–H and O–H groups in total. The van der Waals surface area contributed by atoms with Crippen LogP contribution in [0.15, 0.2) is 72.5 Å². The van der Waals surface area contributed by atoms with Crippen molar-refractivity contribution in [2.24, 2.45) is 11.8 Å². The molecule has 0 bridgehead atoms. The lowest BCUT2D eigenvalue weighted by Gasteiger charge is -2.40. The van der Waals surface area contributed by atoms with E-state index in [2.05, 4.69) is 88.2 Å². The molecule has 2 aliphatic rings. The SMILES string of the molecule is C=C(C)c1ccc(C2=CCC3CN(C(=C)/C(C)=C/C)CC=C3C2C)cc1. The van der Waals surface area contributed by atoms with Crippen molar-refractivity contribution in [1.82, 2.24) is 4.90 Å². The van der Waals surface area contributed by atoms with Crippen molar-refractivity contribution in [2.75, 3.05) is 13.1 Å². The number of hydrogen-bond donors (Lipinski definition) is 0. The van der Waals surface area contributed by atoms with Gasteiger partial charge in [-0.1, -0.05) is 73.7 Å². The molecule has 0 radical (unpaired) electrons. The topological polar surface area (TPSA) is 3.24 Å². The first-order valence-corrected chi connectivity index (χ1v) is 9.65. The van der Waals surface area contributed by atoms with Crippen LogP contribution in [0.25, 0.3) is 11.1 Å². The zero-order valence-corrected chi connectivity index (χ0v) is 16.7. The quantitative estimate of drug-likeness (QED) is 0.446. The summed E-state index contributed by atoms with van der Waals surface area (Å²) in [7, 11) is 0. The molecule has 136 valence electrons. The summed E-state index contributed by atoms with van der Waals surface area (Å²) < 4.78 is 0. The van der Waals surface area contributed by atoms with Crippen LogP contribution in [-0.4, -0.2) is 18.0 Å². The van der Waals surface area contributed by atoms with E-state index in [1.54, 1.807) is 5.57 Å². The minimum atomic E-state index is 0.489. The van der Waals surface area contributed by atoms with Gasteiger partial charge in [0.15, 0.2) is 0 Å². The van der Waals surface area contributed by atoms with Crippen molar-refractivity contribution in [2.45, 2.75) is 34.1 Å². The third-order valence-electron chi connectivity index (χ3n) is 6.03. The Morgan fingerprint density at radius 1 is 1.12 bits per heavy atom. The molecule has 2 atom stereocenters. The standard InChI is InChI=1S/C25H31N/c1-7-18(4)20(6)26-15-14-25-19(5)24(13-12-23(25)16-26)22-10-8-21(9-11-22)17(2)3/h7-11,13-14,19,23H,2,6,12,15-16H2,1,3-5H3/b18-7+. The normalized spacial score (nSPS) is 23.1. The van der Waals surface area contributed by atoms with Gasteiger partial charge in [0.1, 0.15) is 0 Å². The predicted octanol–water partition coefficient (Wildman–Crippen LogP) is 6.48. The van der Waals surface area contributed by atoms with Crippen molar-refractivity contribution in [3.05, 3.63) is 83.6 Å². The van der Waals surface area contributed by atoms with E-state index in [-0.39, 0.29) is 0 Å². The fourth-order valence-corrected chi connectivity index (χ4v) is 4.15. The Kier molecular flexibility index (Phi) is 5.36. The molecule has 0 spiro atoms. The summed E-state index contributed by atoms with van der Waals surface area (Å²) in [5.74, 6) is 1.10. The summed E-state index contributed by atoms with van der Waals surface area (Å²) in [6.07, 6.45) is 8.17. The lowest BCUT2D eigenvalue weighted by atomic mass is 9.73. The average Bonchev–Trinajstić information content (AvgIpc) is 2.67. The van der Waals surface area contributed by atoms with Crippen LogP contribution in [0.5, 0.6) is 0 Å². The Morgan fingerprint density at radius 2 is 1.81 bits per heavy atom. The number of benzene rings is 1. The Morgan fingerprint density at radius 3 is 2.42 bits per heavy atom. The van der Waals surface area contributed by atoms with Gasteiger partial charge < -0.3 is 4.90 Å². The molecule has 0 fully saturated rings. The predicted molar refractivity (Wildman–Crippen MR) is 115 cm³/mol. The highest BCUT2D eigenvalue weighted by Gasteiger charge is 2.31. The minimum absolute atomic E-state index is 0.489. The first-order valence-electron chi connectivity index (χ1n) is 9.65. The molecular weight excluding hydrogens is 314 g/mol. The molecule has 1 aliphatic heterocycles. The van der Waals surface area contributed by atoms with Gasteiger partial charge >= 0.3 is 0 Å². The summed E-state index contributed by atoms with van der Waals surface area (Å²) in [5, 5.41) is 0. The number of allylic oxidation sites excluding steroid dienone is 5. The zero-order valence-electron chi connectivity index (χ0n) is 16.7. The lowest BCUT2D eigenvalue weighted by Crippen LogP contribution is -2.37. The van der Waals surface area contributed by atoms with Crippen LogP contribution in [0.1, 0.15) is 45.2 Å². The van der Waals surface area contributed by atoms with Crippen molar-refractivity contribution in [1.29, 1.82) is 0 Å². The van der Waals surface area contributed by atoms with E-state index in [0.717, 1.165) is 25.1 Å². The van der Waals surface area contributed by atoms with Crippen LogP contribution in [0.2, 0.25) is 0 Å². The lowest BCUT2D eigenvalue weighted by molar-refractivity contribution is 0.304. The Bertz CT molecular complexity index is 801. The highest BCUT2D eigenvalue weighted by Crippen LogP contribution is 2.41. The maximum atomic E-state index is 4.30. The fourth-order valence-electron chi connectivity index (χ4n) is 4.15.